The highest BCUT2D eigenvalue weighted by atomic mass is 16.6. The molecule has 0 saturated carbocycles. The van der Waals surface area contributed by atoms with Crippen LogP contribution in [0.4, 0.5) is 11.4 Å². The lowest BCUT2D eigenvalue weighted by Crippen LogP contribution is -2.40. The van der Waals surface area contributed by atoms with Gasteiger partial charge in [-0.1, -0.05) is 12.1 Å². The van der Waals surface area contributed by atoms with E-state index in [2.05, 4.69) is 10.6 Å². The molecule has 0 radical (unpaired) electrons. The first kappa shape index (κ1) is 19.1. The fourth-order valence-electron chi connectivity index (χ4n) is 2.24. The van der Waals surface area contributed by atoms with E-state index in [4.69, 9.17) is 0 Å². The third-order valence-electron chi connectivity index (χ3n) is 3.43. The summed E-state index contributed by atoms with van der Waals surface area (Å²) in [7, 11) is 0. The van der Waals surface area contributed by atoms with Crippen LogP contribution >= 0.6 is 0 Å². The van der Waals surface area contributed by atoms with Gasteiger partial charge in [0.2, 0.25) is 5.91 Å². The molecule has 0 aliphatic heterocycles. The molecule has 2 N–H and O–H groups in total. The lowest BCUT2D eigenvalue weighted by Gasteiger charge is -2.20. The molecule has 2 amide bonds. The largest absolute Gasteiger partial charge is 0.347 e. The van der Waals surface area contributed by atoms with E-state index in [9.17, 15) is 19.7 Å². The summed E-state index contributed by atoms with van der Waals surface area (Å²) in [5.41, 5.74) is 1.42. The second-order valence-corrected chi connectivity index (χ2v) is 6.93. The van der Waals surface area contributed by atoms with Crippen molar-refractivity contribution in [1.29, 1.82) is 0 Å². The zero-order valence-corrected chi connectivity index (χ0v) is 14.9. The van der Waals surface area contributed by atoms with Crippen molar-refractivity contribution in [3.63, 3.8) is 0 Å². The van der Waals surface area contributed by atoms with Gasteiger partial charge in [0.15, 0.2) is 0 Å². The summed E-state index contributed by atoms with van der Waals surface area (Å²) < 4.78 is 0. The minimum atomic E-state index is -0.485. The molecule has 7 heteroatoms. The number of nitrogens with one attached hydrogen (secondary N) is 2. The molecule has 2 rings (SSSR count). The Bertz CT molecular complexity index is 806. The summed E-state index contributed by atoms with van der Waals surface area (Å²) in [4.78, 5) is 34.3. The predicted molar refractivity (Wildman–Crippen MR) is 99.1 cm³/mol. The molecule has 0 heterocycles. The lowest BCUT2D eigenvalue weighted by atomic mass is 10.1. The van der Waals surface area contributed by atoms with Gasteiger partial charge in [-0.2, -0.15) is 0 Å². The van der Waals surface area contributed by atoms with Gasteiger partial charge in [-0.25, -0.2) is 0 Å². The van der Waals surface area contributed by atoms with E-state index in [-0.39, 0.29) is 29.5 Å². The molecule has 0 saturated heterocycles. The number of carbonyl (C=O) groups is 2. The van der Waals surface area contributed by atoms with Crippen molar-refractivity contribution in [2.24, 2.45) is 0 Å². The molecular weight excluding hydrogens is 334 g/mol. The Balaban J connectivity index is 1.94. The average molecular weight is 355 g/mol. The molecule has 0 unspecified atom stereocenters. The van der Waals surface area contributed by atoms with Gasteiger partial charge in [0.05, 0.1) is 11.3 Å². The molecule has 2 aromatic carbocycles. The molecular formula is C19H21N3O4. The summed E-state index contributed by atoms with van der Waals surface area (Å²) in [6.07, 6.45) is 0.101. The Morgan fingerprint density at radius 2 is 1.58 bits per heavy atom. The lowest BCUT2D eigenvalue weighted by molar-refractivity contribution is -0.384. The first-order valence-corrected chi connectivity index (χ1v) is 8.10. The maximum atomic E-state index is 12.1. The van der Waals surface area contributed by atoms with Gasteiger partial charge in [0.25, 0.3) is 11.6 Å². The number of nitro groups is 1. The molecule has 0 fully saturated rings. The number of hydrogen-bond acceptors (Lipinski definition) is 4. The summed E-state index contributed by atoms with van der Waals surface area (Å²) in [5, 5.41) is 16.2. The number of anilines is 1. The maximum absolute atomic E-state index is 12.1. The van der Waals surface area contributed by atoms with Crippen LogP contribution in [0.1, 0.15) is 36.7 Å². The first-order chi connectivity index (χ1) is 12.1. The number of carbonyl (C=O) groups excluding carboxylic acids is 2. The maximum Gasteiger partial charge on any atom is 0.269 e. The van der Waals surface area contributed by atoms with Gasteiger partial charge >= 0.3 is 0 Å². The van der Waals surface area contributed by atoms with Gasteiger partial charge < -0.3 is 10.6 Å². The van der Waals surface area contributed by atoms with Crippen LogP contribution < -0.4 is 10.6 Å². The highest BCUT2D eigenvalue weighted by Crippen LogP contribution is 2.14. The van der Waals surface area contributed by atoms with Gasteiger partial charge in [-0.05, 0) is 50.6 Å². The first-order valence-electron chi connectivity index (χ1n) is 8.10. The molecule has 0 aliphatic rings. The molecule has 0 aromatic heterocycles. The van der Waals surface area contributed by atoms with Crippen LogP contribution in [0, 0.1) is 10.1 Å². The number of nitrogens with zero attached hydrogens (tertiary/aromatic N) is 1. The molecule has 26 heavy (non-hydrogen) atoms. The van der Waals surface area contributed by atoms with E-state index >= 15 is 0 Å². The Morgan fingerprint density at radius 1 is 1.00 bits per heavy atom. The van der Waals surface area contributed by atoms with Crippen LogP contribution in [-0.2, 0) is 11.2 Å². The predicted octanol–water partition coefficient (Wildman–Crippen LogP) is 3.30. The second-order valence-electron chi connectivity index (χ2n) is 6.93. The molecule has 2 aromatic rings. The van der Waals surface area contributed by atoms with Crippen molar-refractivity contribution in [3.8, 4) is 0 Å². The van der Waals surface area contributed by atoms with Crippen molar-refractivity contribution in [1.82, 2.24) is 5.32 Å². The highest BCUT2D eigenvalue weighted by molar-refractivity contribution is 5.96. The van der Waals surface area contributed by atoms with Gasteiger partial charge in [0.1, 0.15) is 0 Å². The number of benzene rings is 2. The number of rotatable bonds is 5. The smallest absolute Gasteiger partial charge is 0.269 e. The van der Waals surface area contributed by atoms with Crippen LogP contribution in [0.2, 0.25) is 0 Å². The van der Waals surface area contributed by atoms with Crippen LogP contribution in [0.5, 0.6) is 0 Å². The van der Waals surface area contributed by atoms with E-state index in [1.54, 1.807) is 36.4 Å². The van der Waals surface area contributed by atoms with E-state index in [1.807, 2.05) is 20.8 Å². The third-order valence-corrected chi connectivity index (χ3v) is 3.43. The van der Waals surface area contributed by atoms with Crippen LogP contribution in [0.3, 0.4) is 0 Å². The fourth-order valence-corrected chi connectivity index (χ4v) is 2.24. The standard InChI is InChI=1S/C19H21N3O4/c1-19(2,3)21-18(24)14-6-8-15(9-7-14)20-17(23)12-13-4-10-16(11-5-13)22(25)26/h4-11H,12H2,1-3H3,(H,20,23)(H,21,24). The monoisotopic (exact) mass is 355 g/mol. The SMILES string of the molecule is CC(C)(C)NC(=O)c1ccc(NC(=O)Cc2ccc([N+](=O)[O-])cc2)cc1. The highest BCUT2D eigenvalue weighted by Gasteiger charge is 2.15. The molecule has 0 aliphatic carbocycles. The Labute approximate surface area is 151 Å². The third kappa shape index (κ3) is 5.70. The summed E-state index contributed by atoms with van der Waals surface area (Å²) in [5.74, 6) is -0.424. The number of non-ortho nitro benzene ring substituents is 1. The summed E-state index contributed by atoms with van der Waals surface area (Å²) in [6.45, 7) is 5.70. The van der Waals surface area contributed by atoms with Crippen molar-refractivity contribution in [2.45, 2.75) is 32.7 Å². The Hall–Kier alpha value is -3.22. The van der Waals surface area contributed by atoms with E-state index in [1.165, 1.54) is 12.1 Å². The van der Waals surface area contributed by atoms with Gasteiger partial charge in [0, 0.05) is 28.9 Å². The zero-order chi connectivity index (χ0) is 19.3. The van der Waals surface area contributed by atoms with Crippen molar-refractivity contribution in [3.05, 3.63) is 69.8 Å². The second kappa shape index (κ2) is 7.77. The molecule has 136 valence electrons. The molecule has 7 nitrogen and oxygen atoms in total. The van der Waals surface area contributed by atoms with Gasteiger partial charge in [-0.15, -0.1) is 0 Å². The average Bonchev–Trinajstić information content (AvgIpc) is 2.54. The van der Waals surface area contributed by atoms with Gasteiger partial charge in [-0.3, -0.25) is 19.7 Å². The normalized spacial score (nSPS) is 10.9. The summed E-state index contributed by atoms with van der Waals surface area (Å²) in [6, 6.07) is 12.4. The quantitative estimate of drug-likeness (QED) is 0.634. The fraction of sp³-hybridized carbons (Fsp3) is 0.263. The van der Waals surface area contributed by atoms with E-state index < -0.39 is 4.92 Å². The van der Waals surface area contributed by atoms with Crippen molar-refractivity contribution < 1.29 is 14.5 Å². The molecule has 0 atom stereocenters. The number of hydrogen-bond donors (Lipinski definition) is 2. The summed E-state index contributed by atoms with van der Waals surface area (Å²) >= 11 is 0. The number of nitro benzene ring substituents is 1. The number of amides is 2. The van der Waals surface area contributed by atoms with Crippen molar-refractivity contribution >= 4 is 23.2 Å². The molecule has 0 spiro atoms. The van der Waals surface area contributed by atoms with E-state index in [0.717, 1.165) is 0 Å². The van der Waals surface area contributed by atoms with Crippen LogP contribution in [0.25, 0.3) is 0 Å². The van der Waals surface area contributed by atoms with E-state index in [0.29, 0.717) is 16.8 Å². The minimum Gasteiger partial charge on any atom is -0.347 e. The van der Waals surface area contributed by atoms with Crippen molar-refractivity contribution in [2.75, 3.05) is 5.32 Å². The topological polar surface area (TPSA) is 101 Å². The molecule has 0 bridgehead atoms. The minimum absolute atomic E-state index is 0.0155. The Kier molecular flexibility index (Phi) is 5.71. The van der Waals surface area contributed by atoms with Crippen LogP contribution in [-0.4, -0.2) is 22.3 Å². The van der Waals surface area contributed by atoms with Crippen LogP contribution in [0.15, 0.2) is 48.5 Å². The Morgan fingerprint density at radius 3 is 2.08 bits per heavy atom. The zero-order valence-electron chi connectivity index (χ0n) is 14.9.